The van der Waals surface area contributed by atoms with Crippen LogP contribution in [0.5, 0.6) is 0 Å². The van der Waals surface area contributed by atoms with Gasteiger partial charge < -0.3 is 5.21 Å². The van der Waals surface area contributed by atoms with Crippen molar-refractivity contribution >= 4 is 21.0 Å². The van der Waals surface area contributed by atoms with Crippen LogP contribution in [-0.4, -0.2) is 43.5 Å². The van der Waals surface area contributed by atoms with Crippen LogP contribution in [0.2, 0.25) is 0 Å². The van der Waals surface area contributed by atoms with Gasteiger partial charge in [0.15, 0.2) is 26.9 Å². The smallest absolute Gasteiger partial charge is 0.312 e. The van der Waals surface area contributed by atoms with Crippen LogP contribution < -0.4 is 4.73 Å². The molecule has 4 aromatic heterocycles. The van der Waals surface area contributed by atoms with E-state index in [1.165, 1.54) is 29.6 Å². The van der Waals surface area contributed by atoms with Crippen LogP contribution in [0.3, 0.4) is 0 Å². The summed E-state index contributed by atoms with van der Waals surface area (Å²) in [5.41, 5.74) is 1.68. The summed E-state index contributed by atoms with van der Waals surface area (Å²) < 4.78 is 29.0. The number of aromatic nitrogens is 7. The number of fused-ring (bicyclic) bond motifs is 1. The molecule has 0 aromatic carbocycles. The second kappa shape index (κ2) is 6.37. The van der Waals surface area contributed by atoms with Gasteiger partial charge in [0.2, 0.25) is 5.82 Å². The molecule has 0 fully saturated rings. The molecule has 28 heavy (non-hydrogen) atoms. The number of sulfone groups is 1. The van der Waals surface area contributed by atoms with Crippen molar-refractivity contribution in [2.45, 2.75) is 18.7 Å². The molecular formula is C17H17N7O3S. The zero-order valence-corrected chi connectivity index (χ0v) is 16.3. The van der Waals surface area contributed by atoms with Gasteiger partial charge in [-0.1, -0.05) is 6.92 Å². The van der Waals surface area contributed by atoms with Crippen LogP contribution in [0.25, 0.3) is 28.5 Å². The number of aryl methyl sites for hydroxylation is 2. The molecule has 10 nitrogen and oxygen atoms in total. The minimum atomic E-state index is -3.58. The summed E-state index contributed by atoms with van der Waals surface area (Å²) in [7, 11) is -1.93. The number of rotatable bonds is 4. The molecule has 0 bridgehead atoms. The summed E-state index contributed by atoms with van der Waals surface area (Å²) in [4.78, 5) is 12.9. The van der Waals surface area contributed by atoms with Gasteiger partial charge in [-0.05, 0) is 30.7 Å². The lowest BCUT2D eigenvalue weighted by atomic mass is 10.3. The molecule has 11 heteroatoms. The van der Waals surface area contributed by atoms with E-state index in [1.54, 1.807) is 37.6 Å². The third-order valence-corrected chi connectivity index (χ3v) is 6.17. The van der Waals surface area contributed by atoms with Crippen LogP contribution in [0.4, 0.5) is 0 Å². The lowest BCUT2D eigenvalue weighted by molar-refractivity contribution is -0.580. The number of nitrogens with zero attached hydrogens (tertiary/aromatic N) is 7. The Morgan fingerprint density at radius 1 is 1.25 bits per heavy atom. The SMILES string of the molecule is CCS(=O)(=O)c1ccc(-n2cncn2)nc1-c1nc2cc(C)c[n+]([O-])c2n1C. The van der Waals surface area contributed by atoms with E-state index in [2.05, 4.69) is 20.1 Å². The van der Waals surface area contributed by atoms with E-state index in [1.807, 2.05) is 0 Å². The average molecular weight is 399 g/mol. The monoisotopic (exact) mass is 399 g/mol. The van der Waals surface area contributed by atoms with Crippen LogP contribution >= 0.6 is 0 Å². The molecule has 4 heterocycles. The van der Waals surface area contributed by atoms with E-state index >= 15 is 0 Å². The van der Waals surface area contributed by atoms with Gasteiger partial charge in [-0.15, -0.1) is 0 Å². The van der Waals surface area contributed by atoms with Crippen LogP contribution in [0, 0.1) is 12.1 Å². The highest BCUT2D eigenvalue weighted by molar-refractivity contribution is 7.91. The summed E-state index contributed by atoms with van der Waals surface area (Å²) in [6.45, 7) is 3.35. The van der Waals surface area contributed by atoms with Gasteiger partial charge in [0, 0.05) is 0 Å². The van der Waals surface area contributed by atoms with Gasteiger partial charge in [-0.2, -0.15) is 10.1 Å². The standard InChI is InChI=1S/C17H17N7O3S/c1-4-28(26,27)13-5-6-14(23-10-18-9-19-23)21-15(13)16-20-12-7-11(2)8-24(25)17(12)22(16)3/h5-10H,4H2,1-3H3. The molecule has 144 valence electrons. The lowest BCUT2D eigenvalue weighted by Crippen LogP contribution is -2.28. The maximum absolute atomic E-state index is 12.7. The van der Waals surface area contributed by atoms with E-state index in [9.17, 15) is 13.6 Å². The quantitative estimate of drug-likeness (QED) is 0.370. The van der Waals surface area contributed by atoms with Crippen molar-refractivity contribution < 1.29 is 13.1 Å². The number of pyridine rings is 2. The predicted octanol–water partition coefficient (Wildman–Crippen LogP) is 0.951. The maximum atomic E-state index is 12.7. The van der Waals surface area contributed by atoms with Crippen molar-refractivity contribution in [1.82, 2.24) is 29.3 Å². The Morgan fingerprint density at radius 3 is 2.71 bits per heavy atom. The Hall–Kier alpha value is -3.34. The number of hydrogen-bond acceptors (Lipinski definition) is 7. The minimum Gasteiger partial charge on any atom is -0.711 e. The largest absolute Gasteiger partial charge is 0.711 e. The van der Waals surface area contributed by atoms with E-state index < -0.39 is 9.84 Å². The van der Waals surface area contributed by atoms with E-state index in [0.29, 0.717) is 17.0 Å². The summed E-state index contributed by atoms with van der Waals surface area (Å²) in [6.07, 6.45) is 4.26. The summed E-state index contributed by atoms with van der Waals surface area (Å²) in [6, 6.07) is 4.80. The van der Waals surface area contributed by atoms with Gasteiger partial charge in [0.05, 0.1) is 23.9 Å². The fourth-order valence-corrected chi connectivity index (χ4v) is 4.05. The first-order valence-corrected chi connectivity index (χ1v) is 10.1. The highest BCUT2D eigenvalue weighted by atomic mass is 32.2. The third kappa shape index (κ3) is 2.80. The fourth-order valence-electron chi connectivity index (χ4n) is 3.04. The van der Waals surface area contributed by atoms with Crippen molar-refractivity contribution in [2.75, 3.05) is 5.75 Å². The molecule has 0 unspecified atom stereocenters. The van der Waals surface area contributed by atoms with Crippen LogP contribution in [0.15, 0.2) is 41.9 Å². The first kappa shape index (κ1) is 18.0. The summed E-state index contributed by atoms with van der Waals surface area (Å²) >= 11 is 0. The first-order chi connectivity index (χ1) is 13.3. The molecule has 0 radical (unpaired) electrons. The predicted molar refractivity (Wildman–Crippen MR) is 100 cm³/mol. The summed E-state index contributed by atoms with van der Waals surface area (Å²) in [5, 5.41) is 16.4. The van der Waals surface area contributed by atoms with Crippen molar-refractivity contribution in [2.24, 2.45) is 7.05 Å². The molecular weight excluding hydrogens is 382 g/mol. The minimum absolute atomic E-state index is 0.0476. The molecule has 0 N–H and O–H groups in total. The Balaban J connectivity index is 2.05. The zero-order chi connectivity index (χ0) is 20.1. The molecule has 0 amide bonds. The molecule has 0 aliphatic carbocycles. The van der Waals surface area contributed by atoms with E-state index in [-0.39, 0.29) is 22.2 Å². The Kier molecular flexibility index (Phi) is 4.11. The normalized spacial score (nSPS) is 12.0. The molecule has 4 aromatic rings. The van der Waals surface area contributed by atoms with Gasteiger partial charge >= 0.3 is 5.65 Å². The molecule has 0 spiro atoms. The lowest BCUT2D eigenvalue weighted by Gasteiger charge is -2.09. The van der Waals surface area contributed by atoms with E-state index in [0.717, 1.165) is 10.3 Å². The maximum Gasteiger partial charge on any atom is 0.312 e. The third-order valence-electron chi connectivity index (χ3n) is 4.41. The van der Waals surface area contributed by atoms with E-state index in [4.69, 9.17) is 0 Å². The molecule has 0 aliphatic rings. The Bertz CT molecular complexity index is 1290. The van der Waals surface area contributed by atoms with Gasteiger partial charge in [-0.3, -0.25) is 0 Å². The van der Waals surface area contributed by atoms with Crippen molar-refractivity contribution in [3.8, 4) is 17.3 Å². The molecule has 0 saturated carbocycles. The Morgan fingerprint density at radius 2 is 2.04 bits per heavy atom. The first-order valence-electron chi connectivity index (χ1n) is 8.47. The van der Waals surface area contributed by atoms with Gasteiger partial charge in [0.25, 0.3) is 0 Å². The second-order valence-corrected chi connectivity index (χ2v) is 8.55. The molecule has 0 saturated heterocycles. The van der Waals surface area contributed by atoms with Gasteiger partial charge in [0.1, 0.15) is 12.7 Å². The Labute approximate surface area is 160 Å². The highest BCUT2D eigenvalue weighted by Crippen LogP contribution is 2.28. The highest BCUT2D eigenvalue weighted by Gasteiger charge is 2.27. The number of hydrogen-bond donors (Lipinski definition) is 0. The van der Waals surface area contributed by atoms with Crippen molar-refractivity contribution in [1.29, 1.82) is 0 Å². The van der Waals surface area contributed by atoms with Crippen molar-refractivity contribution in [3.63, 3.8) is 0 Å². The molecule has 4 rings (SSSR count). The van der Waals surface area contributed by atoms with Crippen molar-refractivity contribution in [3.05, 3.63) is 47.8 Å². The molecule has 0 atom stereocenters. The van der Waals surface area contributed by atoms with Crippen LogP contribution in [0.1, 0.15) is 12.5 Å². The summed E-state index contributed by atoms with van der Waals surface area (Å²) in [5.74, 6) is 0.578. The molecule has 0 aliphatic heterocycles. The average Bonchev–Trinajstić information content (AvgIpc) is 3.29. The topological polar surface area (TPSA) is 122 Å². The number of imidazole rings is 1. The fraction of sp³-hybridized carbons (Fsp3) is 0.235. The zero-order valence-electron chi connectivity index (χ0n) is 15.4. The van der Waals surface area contributed by atoms with Crippen LogP contribution in [-0.2, 0) is 16.9 Å². The van der Waals surface area contributed by atoms with Gasteiger partial charge in [-0.25, -0.2) is 32.4 Å². The second-order valence-electron chi connectivity index (χ2n) is 6.31.